The Morgan fingerprint density at radius 3 is 2.46 bits per heavy atom. The fraction of sp³-hybridized carbons (Fsp3) is 0. The van der Waals surface area contributed by atoms with Crippen LogP contribution in [-0.4, -0.2) is 24.2 Å². The Kier molecular flexibility index (Phi) is 5.32. The number of non-ortho nitro benzene ring substituents is 1. The minimum absolute atomic E-state index is 0.0839. The van der Waals surface area contributed by atoms with Crippen molar-refractivity contribution in [1.29, 1.82) is 0 Å². The third-order valence-corrected chi connectivity index (χ3v) is 5.01. The normalized spacial score (nSPS) is 10.9. The van der Waals surface area contributed by atoms with E-state index in [-0.39, 0.29) is 27.5 Å². The lowest BCUT2D eigenvalue weighted by atomic mass is 10.2. The Morgan fingerprint density at radius 1 is 1.00 bits per heavy atom. The van der Waals surface area contributed by atoms with E-state index in [0.29, 0.717) is 0 Å². The summed E-state index contributed by atoms with van der Waals surface area (Å²) in [6.07, 6.45) is 2.87. The molecule has 0 aliphatic rings. The average Bonchev–Trinajstić information content (AvgIpc) is 2.68. The van der Waals surface area contributed by atoms with Crippen molar-refractivity contribution in [1.82, 2.24) is 4.98 Å². The van der Waals surface area contributed by atoms with Gasteiger partial charge < -0.3 is 5.32 Å². The predicted molar refractivity (Wildman–Crippen MR) is 103 cm³/mol. The van der Waals surface area contributed by atoms with Gasteiger partial charge in [0.15, 0.2) is 0 Å². The van der Waals surface area contributed by atoms with Crippen molar-refractivity contribution in [3.05, 3.63) is 88.7 Å². The predicted octanol–water partition coefficient (Wildman–Crippen LogP) is 3.04. The van der Waals surface area contributed by atoms with Gasteiger partial charge in [-0.05, 0) is 36.4 Å². The van der Waals surface area contributed by atoms with Crippen LogP contribution in [0.15, 0.2) is 78.0 Å². The third-order valence-electron chi connectivity index (χ3n) is 3.64. The summed E-state index contributed by atoms with van der Waals surface area (Å²) in [7, 11) is -3.92. The number of pyridine rings is 1. The number of anilines is 2. The number of nitrogens with zero attached hydrogens (tertiary/aromatic N) is 2. The summed E-state index contributed by atoms with van der Waals surface area (Å²) < 4.78 is 27.4. The Balaban J connectivity index is 1.81. The van der Waals surface area contributed by atoms with E-state index < -0.39 is 20.9 Å². The van der Waals surface area contributed by atoms with Crippen molar-refractivity contribution in [2.75, 3.05) is 10.0 Å². The van der Waals surface area contributed by atoms with Crippen LogP contribution in [0.5, 0.6) is 0 Å². The van der Waals surface area contributed by atoms with Crippen molar-refractivity contribution in [3.8, 4) is 0 Å². The first-order valence-corrected chi connectivity index (χ1v) is 9.42. The van der Waals surface area contributed by atoms with E-state index >= 15 is 0 Å². The van der Waals surface area contributed by atoms with Crippen LogP contribution < -0.4 is 10.0 Å². The number of hydrogen-bond donors (Lipinski definition) is 2. The van der Waals surface area contributed by atoms with E-state index in [4.69, 9.17) is 0 Å². The monoisotopic (exact) mass is 398 g/mol. The van der Waals surface area contributed by atoms with E-state index in [0.717, 1.165) is 0 Å². The molecule has 10 heteroatoms. The molecule has 0 atom stereocenters. The highest BCUT2D eigenvalue weighted by Gasteiger charge is 2.17. The summed E-state index contributed by atoms with van der Waals surface area (Å²) in [6.45, 7) is 0. The number of rotatable bonds is 6. The molecule has 2 N–H and O–H groups in total. The maximum Gasteiger partial charge on any atom is 0.271 e. The minimum atomic E-state index is -3.92. The molecule has 0 aliphatic carbocycles. The summed E-state index contributed by atoms with van der Waals surface area (Å²) in [4.78, 5) is 26.4. The van der Waals surface area contributed by atoms with E-state index in [1.54, 1.807) is 12.1 Å². The lowest BCUT2D eigenvalue weighted by Crippen LogP contribution is -2.16. The lowest BCUT2D eigenvalue weighted by molar-refractivity contribution is -0.384. The standard InChI is InChI=1S/C18H14N4O5S/c23-18(20-14-5-2-7-16(11-14)22(24)25)13-4-1-8-17(10-13)28(26,27)21-15-6-3-9-19-12-15/h1-12,21H,(H,20,23). The van der Waals surface area contributed by atoms with Crippen molar-refractivity contribution in [2.45, 2.75) is 4.90 Å². The number of amides is 1. The Morgan fingerprint density at radius 2 is 1.75 bits per heavy atom. The molecule has 1 aromatic heterocycles. The molecule has 1 amide bonds. The highest BCUT2D eigenvalue weighted by Crippen LogP contribution is 2.20. The molecule has 0 fully saturated rings. The van der Waals surface area contributed by atoms with Crippen LogP contribution in [0.2, 0.25) is 0 Å². The number of aromatic nitrogens is 1. The molecule has 9 nitrogen and oxygen atoms in total. The van der Waals surface area contributed by atoms with Crippen LogP contribution in [0.1, 0.15) is 10.4 Å². The Bertz CT molecular complexity index is 1130. The highest BCUT2D eigenvalue weighted by molar-refractivity contribution is 7.92. The molecule has 2 aromatic carbocycles. The van der Waals surface area contributed by atoms with Crippen molar-refractivity contribution < 1.29 is 18.1 Å². The number of carbonyl (C=O) groups is 1. The smallest absolute Gasteiger partial charge is 0.271 e. The quantitative estimate of drug-likeness (QED) is 0.485. The molecule has 0 radical (unpaired) electrons. The lowest BCUT2D eigenvalue weighted by Gasteiger charge is -2.09. The van der Waals surface area contributed by atoms with Crippen LogP contribution in [-0.2, 0) is 10.0 Å². The minimum Gasteiger partial charge on any atom is -0.322 e. The maximum absolute atomic E-state index is 12.5. The first-order valence-electron chi connectivity index (χ1n) is 7.94. The topological polar surface area (TPSA) is 131 Å². The van der Waals surface area contributed by atoms with Gasteiger partial charge in [-0.1, -0.05) is 12.1 Å². The molecule has 0 bridgehead atoms. The van der Waals surface area contributed by atoms with Gasteiger partial charge in [0.25, 0.3) is 21.6 Å². The van der Waals surface area contributed by atoms with Crippen molar-refractivity contribution >= 4 is 33.0 Å². The van der Waals surface area contributed by atoms with E-state index in [1.165, 1.54) is 60.9 Å². The summed E-state index contributed by atoms with van der Waals surface area (Å²) >= 11 is 0. The zero-order valence-electron chi connectivity index (χ0n) is 14.3. The first-order chi connectivity index (χ1) is 13.3. The molecule has 3 rings (SSSR count). The number of nitro groups is 1. The second kappa shape index (κ2) is 7.84. The van der Waals surface area contributed by atoms with E-state index in [1.807, 2.05) is 0 Å². The largest absolute Gasteiger partial charge is 0.322 e. The number of benzene rings is 2. The fourth-order valence-corrected chi connectivity index (χ4v) is 3.43. The molecule has 0 aliphatic heterocycles. The summed E-state index contributed by atoms with van der Waals surface area (Å²) in [5, 5.41) is 13.3. The van der Waals surface area contributed by atoms with Gasteiger partial charge in [-0.2, -0.15) is 0 Å². The van der Waals surface area contributed by atoms with Crippen LogP contribution in [0.3, 0.4) is 0 Å². The number of nitro benzene ring substituents is 1. The van der Waals surface area contributed by atoms with Crippen LogP contribution in [0.25, 0.3) is 0 Å². The number of hydrogen-bond acceptors (Lipinski definition) is 6. The number of carbonyl (C=O) groups excluding carboxylic acids is 1. The zero-order chi connectivity index (χ0) is 20.1. The molecular weight excluding hydrogens is 384 g/mol. The second-order valence-corrected chi connectivity index (χ2v) is 7.32. The van der Waals surface area contributed by atoms with Crippen molar-refractivity contribution in [3.63, 3.8) is 0 Å². The summed E-state index contributed by atoms with van der Waals surface area (Å²) in [6, 6.07) is 14.0. The van der Waals surface area contributed by atoms with Gasteiger partial charge in [-0.25, -0.2) is 8.42 Å². The molecule has 1 heterocycles. The summed E-state index contributed by atoms with van der Waals surface area (Å²) in [5.41, 5.74) is 0.422. The van der Waals surface area contributed by atoms with Gasteiger partial charge in [0.1, 0.15) is 0 Å². The van der Waals surface area contributed by atoms with Gasteiger partial charge in [0.2, 0.25) is 0 Å². The van der Waals surface area contributed by atoms with Gasteiger partial charge in [0.05, 0.1) is 21.7 Å². The Hall–Kier alpha value is -3.79. The number of sulfonamides is 1. The maximum atomic E-state index is 12.5. The van der Waals surface area contributed by atoms with E-state index in [9.17, 15) is 23.3 Å². The first kappa shape index (κ1) is 19.0. The van der Waals surface area contributed by atoms with Crippen LogP contribution in [0, 0.1) is 10.1 Å². The molecule has 142 valence electrons. The highest BCUT2D eigenvalue weighted by atomic mass is 32.2. The van der Waals surface area contributed by atoms with Gasteiger partial charge in [0, 0.05) is 29.6 Å². The van der Waals surface area contributed by atoms with Gasteiger partial charge >= 0.3 is 0 Å². The summed E-state index contributed by atoms with van der Waals surface area (Å²) in [5.74, 6) is -0.598. The molecule has 0 saturated heterocycles. The SMILES string of the molecule is O=C(Nc1cccc([N+](=O)[O-])c1)c1cccc(S(=O)(=O)Nc2cccnc2)c1. The Labute approximate surface area is 160 Å². The van der Waals surface area contributed by atoms with Crippen LogP contribution in [0.4, 0.5) is 17.1 Å². The molecule has 28 heavy (non-hydrogen) atoms. The van der Waals surface area contributed by atoms with Gasteiger partial charge in [-0.15, -0.1) is 0 Å². The average molecular weight is 398 g/mol. The third kappa shape index (κ3) is 4.48. The van der Waals surface area contributed by atoms with E-state index in [2.05, 4.69) is 15.0 Å². The molecule has 3 aromatic rings. The number of nitrogens with one attached hydrogen (secondary N) is 2. The van der Waals surface area contributed by atoms with Gasteiger partial charge in [-0.3, -0.25) is 24.6 Å². The second-order valence-electron chi connectivity index (χ2n) is 5.64. The zero-order valence-corrected chi connectivity index (χ0v) is 15.1. The molecule has 0 saturated carbocycles. The molecule has 0 spiro atoms. The fourth-order valence-electron chi connectivity index (χ4n) is 2.34. The molecule has 0 unspecified atom stereocenters. The molecular formula is C18H14N4O5S. The van der Waals surface area contributed by atoms with Crippen molar-refractivity contribution in [2.24, 2.45) is 0 Å². The van der Waals surface area contributed by atoms with Crippen LogP contribution >= 0.6 is 0 Å².